The Morgan fingerprint density at radius 3 is 2.67 bits per heavy atom. The second-order valence-electron chi connectivity index (χ2n) is 6.38. The second kappa shape index (κ2) is 6.90. The summed E-state index contributed by atoms with van der Waals surface area (Å²) in [6.07, 6.45) is 2.15. The lowest BCUT2D eigenvalue weighted by atomic mass is 10.1. The van der Waals surface area contributed by atoms with Crippen LogP contribution in [0.3, 0.4) is 0 Å². The van der Waals surface area contributed by atoms with Crippen molar-refractivity contribution in [2.75, 3.05) is 31.1 Å². The Kier molecular flexibility index (Phi) is 4.43. The quantitative estimate of drug-likeness (QED) is 0.706. The van der Waals surface area contributed by atoms with Crippen molar-refractivity contribution in [1.82, 2.24) is 24.5 Å². The second-order valence-corrected chi connectivity index (χ2v) is 6.38. The van der Waals surface area contributed by atoms with E-state index in [1.807, 2.05) is 12.1 Å². The minimum Gasteiger partial charge on any atom is -0.353 e. The molecule has 0 aromatic carbocycles. The van der Waals surface area contributed by atoms with Gasteiger partial charge < -0.3 is 9.80 Å². The molecule has 3 aromatic rings. The molecule has 0 spiro atoms. The molecular weight excluding hydrogens is 354 g/mol. The van der Waals surface area contributed by atoms with Crippen molar-refractivity contribution in [3.05, 3.63) is 42.5 Å². The summed E-state index contributed by atoms with van der Waals surface area (Å²) < 4.78 is 27.5. The Morgan fingerprint density at radius 2 is 1.96 bits per heavy atom. The van der Waals surface area contributed by atoms with E-state index in [9.17, 15) is 13.6 Å². The highest BCUT2D eigenvalue weighted by atomic mass is 19.3. The summed E-state index contributed by atoms with van der Waals surface area (Å²) in [4.78, 5) is 23.9. The number of halogens is 2. The number of rotatable bonds is 3. The van der Waals surface area contributed by atoms with Gasteiger partial charge in [0.15, 0.2) is 5.65 Å². The third-order valence-electron chi connectivity index (χ3n) is 4.72. The number of anilines is 1. The molecule has 140 valence electrons. The molecule has 3 aromatic heterocycles. The van der Waals surface area contributed by atoms with Crippen LogP contribution < -0.4 is 4.90 Å². The molecule has 1 aliphatic rings. The van der Waals surface area contributed by atoms with Gasteiger partial charge in [-0.15, -0.1) is 0 Å². The molecule has 1 amide bonds. The maximum absolute atomic E-state index is 13.0. The van der Waals surface area contributed by atoms with Crippen molar-refractivity contribution in [2.45, 2.75) is 13.3 Å². The third-order valence-corrected chi connectivity index (χ3v) is 4.72. The van der Waals surface area contributed by atoms with Gasteiger partial charge in [-0.1, -0.05) is 0 Å². The molecule has 0 aliphatic carbocycles. The molecule has 0 unspecified atom stereocenters. The monoisotopic (exact) mass is 372 g/mol. The van der Waals surface area contributed by atoms with Crippen LogP contribution in [0, 0.1) is 0 Å². The zero-order valence-electron chi connectivity index (χ0n) is 14.7. The van der Waals surface area contributed by atoms with Gasteiger partial charge in [0.1, 0.15) is 11.5 Å². The molecule has 27 heavy (non-hydrogen) atoms. The highest BCUT2D eigenvalue weighted by Crippen LogP contribution is 2.27. The maximum atomic E-state index is 13.0. The van der Waals surface area contributed by atoms with Gasteiger partial charge in [-0.05, 0) is 23.8 Å². The minimum absolute atomic E-state index is 0.0728. The lowest BCUT2D eigenvalue weighted by Gasteiger charge is -2.35. The minimum atomic E-state index is -2.64. The van der Waals surface area contributed by atoms with Gasteiger partial charge in [0, 0.05) is 51.1 Å². The molecule has 1 fully saturated rings. The first-order chi connectivity index (χ1) is 13.0. The molecule has 1 saturated heterocycles. The average molecular weight is 372 g/mol. The largest absolute Gasteiger partial charge is 0.353 e. The van der Waals surface area contributed by atoms with Crippen molar-refractivity contribution in [3.8, 4) is 11.1 Å². The summed E-state index contributed by atoms with van der Waals surface area (Å²) >= 11 is 0. The van der Waals surface area contributed by atoms with Gasteiger partial charge >= 0.3 is 0 Å². The zero-order valence-corrected chi connectivity index (χ0v) is 14.7. The van der Waals surface area contributed by atoms with Gasteiger partial charge in [0.25, 0.3) is 6.43 Å². The Bertz CT molecular complexity index is 981. The number of hydrogen-bond donors (Lipinski definition) is 0. The number of alkyl halides is 2. The van der Waals surface area contributed by atoms with E-state index in [4.69, 9.17) is 0 Å². The summed E-state index contributed by atoms with van der Waals surface area (Å²) in [5, 5.41) is 4.20. The van der Waals surface area contributed by atoms with Gasteiger partial charge in [0.2, 0.25) is 5.91 Å². The molecule has 4 rings (SSSR count). The topological polar surface area (TPSA) is 66.6 Å². The van der Waals surface area contributed by atoms with E-state index in [-0.39, 0.29) is 11.6 Å². The lowest BCUT2D eigenvalue weighted by molar-refractivity contribution is -0.129. The number of pyridine rings is 1. The van der Waals surface area contributed by atoms with Crippen LogP contribution >= 0.6 is 0 Å². The number of amides is 1. The standard InChI is InChI=1S/C18H18F2N6O/c1-12(27)24-6-8-25(9-7-24)16-10-13(2-4-21-16)14-11-22-26-5-3-15(17(19)20)23-18(14)26/h2-5,10-11,17H,6-9H2,1H3. The van der Waals surface area contributed by atoms with E-state index in [0.29, 0.717) is 37.4 Å². The van der Waals surface area contributed by atoms with Crippen LogP contribution in [0.2, 0.25) is 0 Å². The Hall–Kier alpha value is -3.10. The number of piperazine rings is 1. The number of fused-ring (bicyclic) bond motifs is 1. The molecule has 0 N–H and O–H groups in total. The van der Waals surface area contributed by atoms with Crippen molar-refractivity contribution >= 4 is 17.4 Å². The molecular formula is C18H18F2N6O. The first-order valence-electron chi connectivity index (χ1n) is 8.62. The van der Waals surface area contributed by atoms with Crippen molar-refractivity contribution in [1.29, 1.82) is 0 Å². The summed E-state index contributed by atoms with van der Waals surface area (Å²) in [6, 6.07) is 4.97. The van der Waals surface area contributed by atoms with E-state index in [1.54, 1.807) is 24.2 Å². The van der Waals surface area contributed by atoms with Crippen molar-refractivity contribution in [3.63, 3.8) is 0 Å². The number of nitrogens with zero attached hydrogens (tertiary/aromatic N) is 6. The molecule has 0 bridgehead atoms. The molecule has 0 saturated carbocycles. The van der Waals surface area contributed by atoms with E-state index in [2.05, 4.69) is 20.0 Å². The Balaban J connectivity index is 1.64. The van der Waals surface area contributed by atoms with Crippen LogP contribution in [-0.4, -0.2) is 56.6 Å². The zero-order chi connectivity index (χ0) is 19.0. The maximum Gasteiger partial charge on any atom is 0.280 e. The smallest absolute Gasteiger partial charge is 0.280 e. The molecule has 1 aliphatic heterocycles. The van der Waals surface area contributed by atoms with Crippen LogP contribution in [0.4, 0.5) is 14.6 Å². The Labute approximate surface area is 154 Å². The van der Waals surface area contributed by atoms with Gasteiger partial charge in [-0.2, -0.15) is 5.10 Å². The average Bonchev–Trinajstić information content (AvgIpc) is 3.11. The lowest BCUT2D eigenvalue weighted by Crippen LogP contribution is -2.48. The van der Waals surface area contributed by atoms with Gasteiger partial charge in [-0.25, -0.2) is 23.3 Å². The van der Waals surface area contributed by atoms with Crippen molar-refractivity contribution in [2.24, 2.45) is 0 Å². The predicted octanol–water partition coefficient (Wildman–Crippen LogP) is 2.40. The summed E-state index contributed by atoms with van der Waals surface area (Å²) in [5.41, 5.74) is 1.58. The first kappa shape index (κ1) is 17.3. The molecule has 0 radical (unpaired) electrons. The fourth-order valence-corrected chi connectivity index (χ4v) is 3.22. The summed E-state index contributed by atoms with van der Waals surface area (Å²) in [6.45, 7) is 4.26. The van der Waals surface area contributed by atoms with Crippen molar-refractivity contribution < 1.29 is 13.6 Å². The normalized spacial score (nSPS) is 15.0. The molecule has 4 heterocycles. The fraction of sp³-hybridized carbons (Fsp3) is 0.333. The fourth-order valence-electron chi connectivity index (χ4n) is 3.22. The van der Waals surface area contributed by atoms with Gasteiger partial charge in [-0.3, -0.25) is 4.79 Å². The van der Waals surface area contributed by atoms with E-state index >= 15 is 0 Å². The van der Waals surface area contributed by atoms with Crippen LogP contribution in [-0.2, 0) is 4.79 Å². The van der Waals surface area contributed by atoms with Crippen LogP contribution in [0.5, 0.6) is 0 Å². The Morgan fingerprint density at radius 1 is 1.19 bits per heavy atom. The molecule has 7 nitrogen and oxygen atoms in total. The number of hydrogen-bond acceptors (Lipinski definition) is 5. The highest BCUT2D eigenvalue weighted by Gasteiger charge is 2.20. The molecule has 9 heteroatoms. The summed E-state index contributed by atoms with van der Waals surface area (Å²) in [7, 11) is 0. The van der Waals surface area contributed by atoms with Crippen LogP contribution in [0.15, 0.2) is 36.8 Å². The SMILES string of the molecule is CC(=O)N1CCN(c2cc(-c3cnn4ccc(C(F)F)nc34)ccn2)CC1. The molecule has 0 atom stereocenters. The highest BCUT2D eigenvalue weighted by molar-refractivity contribution is 5.78. The number of carbonyl (C=O) groups is 1. The number of aromatic nitrogens is 4. The van der Waals surface area contributed by atoms with E-state index < -0.39 is 6.43 Å². The number of carbonyl (C=O) groups excluding carboxylic acids is 1. The van der Waals surface area contributed by atoms with Crippen LogP contribution in [0.25, 0.3) is 16.8 Å². The van der Waals surface area contributed by atoms with E-state index in [1.165, 1.54) is 16.8 Å². The predicted molar refractivity (Wildman–Crippen MR) is 95.6 cm³/mol. The van der Waals surface area contributed by atoms with E-state index in [0.717, 1.165) is 11.4 Å². The first-order valence-corrected chi connectivity index (χ1v) is 8.62. The van der Waals surface area contributed by atoms with Gasteiger partial charge in [0.05, 0.1) is 6.20 Å². The summed E-state index contributed by atoms with van der Waals surface area (Å²) in [5.74, 6) is 0.851. The third kappa shape index (κ3) is 3.32. The van der Waals surface area contributed by atoms with Crippen LogP contribution in [0.1, 0.15) is 19.0 Å².